The van der Waals surface area contributed by atoms with Crippen molar-refractivity contribution >= 4 is 15.9 Å². The zero-order chi connectivity index (χ0) is 14.5. The summed E-state index contributed by atoms with van der Waals surface area (Å²) in [4.78, 5) is 0. The van der Waals surface area contributed by atoms with E-state index in [4.69, 9.17) is 10.5 Å². The van der Waals surface area contributed by atoms with Gasteiger partial charge in [0, 0.05) is 0 Å². The molecule has 0 aromatic heterocycles. The summed E-state index contributed by atoms with van der Waals surface area (Å²) in [6.07, 6.45) is 0.843. The molecule has 0 spiro atoms. The van der Waals surface area contributed by atoms with E-state index < -0.39 is 0 Å². The standard InChI is InChI=1S/C16H17BrFNO/c1-11-8-14(18)4-3-13(11)10-20-16-5-2-12(6-7-19)9-15(16)17/h2-5,8-9H,6-7,10,19H2,1H3. The zero-order valence-electron chi connectivity index (χ0n) is 11.3. The van der Waals surface area contributed by atoms with Crippen LogP contribution < -0.4 is 10.5 Å². The number of benzene rings is 2. The molecule has 0 unspecified atom stereocenters. The number of nitrogens with two attached hydrogens (primary N) is 1. The van der Waals surface area contributed by atoms with E-state index in [0.29, 0.717) is 13.2 Å². The van der Waals surface area contributed by atoms with E-state index in [1.165, 1.54) is 17.7 Å². The van der Waals surface area contributed by atoms with Crippen LogP contribution in [0.2, 0.25) is 0 Å². The molecule has 0 aliphatic heterocycles. The van der Waals surface area contributed by atoms with Gasteiger partial charge in [-0.05, 0) is 76.8 Å². The topological polar surface area (TPSA) is 35.2 Å². The van der Waals surface area contributed by atoms with Crippen LogP contribution in [0.5, 0.6) is 5.75 Å². The van der Waals surface area contributed by atoms with Gasteiger partial charge >= 0.3 is 0 Å². The lowest BCUT2D eigenvalue weighted by atomic mass is 10.1. The molecular weight excluding hydrogens is 321 g/mol. The summed E-state index contributed by atoms with van der Waals surface area (Å²) in [5, 5.41) is 0. The first-order valence-corrected chi connectivity index (χ1v) is 7.26. The van der Waals surface area contributed by atoms with E-state index in [9.17, 15) is 4.39 Å². The first kappa shape index (κ1) is 15.0. The van der Waals surface area contributed by atoms with Crippen LogP contribution in [-0.4, -0.2) is 6.54 Å². The second-order valence-corrected chi connectivity index (χ2v) is 5.52. The predicted molar refractivity (Wildman–Crippen MR) is 82.4 cm³/mol. The molecule has 4 heteroatoms. The van der Waals surface area contributed by atoms with Crippen molar-refractivity contribution in [3.05, 3.63) is 63.4 Å². The van der Waals surface area contributed by atoms with Crippen molar-refractivity contribution in [1.82, 2.24) is 0 Å². The van der Waals surface area contributed by atoms with Gasteiger partial charge in [0.25, 0.3) is 0 Å². The van der Waals surface area contributed by atoms with Crippen LogP contribution in [0.3, 0.4) is 0 Å². The van der Waals surface area contributed by atoms with Gasteiger partial charge < -0.3 is 10.5 Å². The van der Waals surface area contributed by atoms with Crippen molar-refractivity contribution in [3.63, 3.8) is 0 Å². The summed E-state index contributed by atoms with van der Waals surface area (Å²) >= 11 is 3.49. The van der Waals surface area contributed by atoms with Gasteiger partial charge in [-0.2, -0.15) is 0 Å². The maximum atomic E-state index is 13.0. The Morgan fingerprint density at radius 2 is 2.00 bits per heavy atom. The van der Waals surface area contributed by atoms with E-state index >= 15 is 0 Å². The average Bonchev–Trinajstić information content (AvgIpc) is 2.40. The molecule has 0 saturated heterocycles. The Labute approximate surface area is 126 Å². The molecule has 20 heavy (non-hydrogen) atoms. The third-order valence-corrected chi connectivity index (χ3v) is 3.74. The van der Waals surface area contributed by atoms with Gasteiger partial charge in [-0.15, -0.1) is 0 Å². The second-order valence-electron chi connectivity index (χ2n) is 4.66. The smallest absolute Gasteiger partial charge is 0.134 e. The Bertz CT molecular complexity index is 601. The fraction of sp³-hybridized carbons (Fsp3) is 0.250. The Balaban J connectivity index is 2.07. The first-order valence-electron chi connectivity index (χ1n) is 6.46. The van der Waals surface area contributed by atoms with Gasteiger partial charge in [0.1, 0.15) is 18.2 Å². The number of ether oxygens (including phenoxy) is 1. The highest BCUT2D eigenvalue weighted by Gasteiger charge is 2.05. The molecule has 0 radical (unpaired) electrons. The summed E-state index contributed by atoms with van der Waals surface area (Å²) in [6, 6.07) is 10.7. The van der Waals surface area contributed by atoms with Crippen molar-refractivity contribution < 1.29 is 9.13 Å². The Kier molecular flexibility index (Phi) is 5.15. The van der Waals surface area contributed by atoms with Crippen LogP contribution in [0.4, 0.5) is 4.39 Å². The molecule has 106 valence electrons. The summed E-state index contributed by atoms with van der Waals surface area (Å²) < 4.78 is 19.7. The minimum Gasteiger partial charge on any atom is -0.488 e. The summed E-state index contributed by atoms with van der Waals surface area (Å²) in [6.45, 7) is 2.92. The number of aryl methyl sites for hydroxylation is 1. The summed E-state index contributed by atoms with van der Waals surface area (Å²) in [5.41, 5.74) is 8.57. The average molecular weight is 338 g/mol. The number of rotatable bonds is 5. The molecule has 0 heterocycles. The fourth-order valence-electron chi connectivity index (χ4n) is 1.96. The predicted octanol–water partition coefficient (Wildman–Crippen LogP) is 3.98. The Hall–Kier alpha value is -1.39. The molecule has 2 rings (SSSR count). The van der Waals surface area contributed by atoms with Gasteiger partial charge in [0.15, 0.2) is 0 Å². The lowest BCUT2D eigenvalue weighted by Gasteiger charge is -2.11. The van der Waals surface area contributed by atoms with Gasteiger partial charge in [0.05, 0.1) is 4.47 Å². The molecule has 0 fully saturated rings. The van der Waals surface area contributed by atoms with E-state index in [0.717, 1.165) is 27.8 Å². The highest BCUT2D eigenvalue weighted by molar-refractivity contribution is 9.10. The lowest BCUT2D eigenvalue weighted by molar-refractivity contribution is 0.303. The number of hydrogen-bond donors (Lipinski definition) is 1. The van der Waals surface area contributed by atoms with Crippen LogP contribution in [0, 0.1) is 12.7 Å². The molecule has 0 saturated carbocycles. The molecule has 2 aromatic carbocycles. The zero-order valence-corrected chi connectivity index (χ0v) is 12.9. The van der Waals surface area contributed by atoms with Crippen molar-refractivity contribution in [2.45, 2.75) is 20.0 Å². The summed E-state index contributed by atoms with van der Waals surface area (Å²) in [5.74, 6) is 0.549. The van der Waals surface area contributed by atoms with Crippen LogP contribution in [0.15, 0.2) is 40.9 Å². The van der Waals surface area contributed by atoms with E-state index in [2.05, 4.69) is 15.9 Å². The lowest BCUT2D eigenvalue weighted by Crippen LogP contribution is -2.03. The maximum Gasteiger partial charge on any atom is 0.134 e. The molecule has 2 nitrogen and oxygen atoms in total. The van der Waals surface area contributed by atoms with Crippen LogP contribution in [0.25, 0.3) is 0 Å². The van der Waals surface area contributed by atoms with Gasteiger partial charge in [-0.1, -0.05) is 12.1 Å². The maximum absolute atomic E-state index is 13.0. The van der Waals surface area contributed by atoms with Crippen LogP contribution >= 0.6 is 15.9 Å². The Morgan fingerprint density at radius 1 is 1.20 bits per heavy atom. The Morgan fingerprint density at radius 3 is 2.65 bits per heavy atom. The fourth-order valence-corrected chi connectivity index (χ4v) is 2.50. The monoisotopic (exact) mass is 337 g/mol. The SMILES string of the molecule is Cc1cc(F)ccc1COc1ccc(CCN)cc1Br. The molecule has 2 N–H and O–H groups in total. The number of halogens is 2. The molecule has 0 aliphatic carbocycles. The highest BCUT2D eigenvalue weighted by atomic mass is 79.9. The van der Waals surface area contributed by atoms with Crippen molar-refractivity contribution in [2.75, 3.05) is 6.54 Å². The quantitative estimate of drug-likeness (QED) is 0.895. The van der Waals surface area contributed by atoms with Crippen LogP contribution in [0.1, 0.15) is 16.7 Å². The highest BCUT2D eigenvalue weighted by Crippen LogP contribution is 2.27. The second kappa shape index (κ2) is 6.86. The van der Waals surface area contributed by atoms with Gasteiger partial charge in [-0.3, -0.25) is 0 Å². The number of hydrogen-bond acceptors (Lipinski definition) is 2. The third kappa shape index (κ3) is 3.81. The molecular formula is C16H17BrFNO. The molecule has 0 atom stereocenters. The van der Waals surface area contributed by atoms with Crippen molar-refractivity contribution in [1.29, 1.82) is 0 Å². The van der Waals surface area contributed by atoms with Crippen molar-refractivity contribution in [2.24, 2.45) is 5.73 Å². The molecule has 0 amide bonds. The van der Waals surface area contributed by atoms with E-state index in [-0.39, 0.29) is 5.82 Å². The third-order valence-electron chi connectivity index (χ3n) is 3.12. The molecule has 2 aromatic rings. The van der Waals surface area contributed by atoms with Crippen LogP contribution in [-0.2, 0) is 13.0 Å². The first-order chi connectivity index (χ1) is 9.60. The summed E-state index contributed by atoms with van der Waals surface area (Å²) in [7, 11) is 0. The largest absolute Gasteiger partial charge is 0.488 e. The molecule has 0 bridgehead atoms. The molecule has 0 aliphatic rings. The minimum atomic E-state index is -0.224. The minimum absolute atomic E-state index is 0.224. The van der Waals surface area contributed by atoms with Crippen molar-refractivity contribution in [3.8, 4) is 5.75 Å². The van der Waals surface area contributed by atoms with E-state index in [1.807, 2.05) is 25.1 Å². The van der Waals surface area contributed by atoms with Gasteiger partial charge in [0.2, 0.25) is 0 Å². The normalized spacial score (nSPS) is 10.6. The van der Waals surface area contributed by atoms with E-state index in [1.54, 1.807) is 6.07 Å². The van der Waals surface area contributed by atoms with Gasteiger partial charge in [-0.25, -0.2) is 4.39 Å².